The maximum atomic E-state index is 6.06. The number of anilines is 2. The van der Waals surface area contributed by atoms with Gasteiger partial charge in [0.1, 0.15) is 12.1 Å². The molecule has 3 heterocycles. The van der Waals surface area contributed by atoms with Crippen LogP contribution in [0.25, 0.3) is 21.8 Å². The zero-order valence-corrected chi connectivity index (χ0v) is 17.7. The minimum absolute atomic E-state index is 0.657. The Morgan fingerprint density at radius 2 is 1.97 bits per heavy atom. The largest absolute Gasteiger partial charge is 0.493 e. The third-order valence-electron chi connectivity index (χ3n) is 5.81. The highest BCUT2D eigenvalue weighted by Crippen LogP contribution is 2.35. The van der Waals surface area contributed by atoms with Crippen molar-refractivity contribution in [2.75, 3.05) is 38.7 Å². The molecule has 7 nitrogen and oxygen atoms in total. The fourth-order valence-electron chi connectivity index (χ4n) is 4.17. The van der Waals surface area contributed by atoms with Crippen molar-refractivity contribution < 1.29 is 9.47 Å². The van der Waals surface area contributed by atoms with Gasteiger partial charge in [0.2, 0.25) is 0 Å². The van der Waals surface area contributed by atoms with Crippen molar-refractivity contribution in [3.63, 3.8) is 0 Å². The van der Waals surface area contributed by atoms with Gasteiger partial charge in [-0.2, -0.15) is 0 Å². The molecule has 0 unspecified atom stereocenters. The van der Waals surface area contributed by atoms with Crippen molar-refractivity contribution in [3.8, 4) is 11.5 Å². The van der Waals surface area contributed by atoms with Gasteiger partial charge in [-0.15, -0.1) is 0 Å². The summed E-state index contributed by atoms with van der Waals surface area (Å²) in [5.74, 6) is 2.13. The molecule has 0 atom stereocenters. The number of aromatic amines is 1. The number of likely N-dealkylation sites (tertiary alicyclic amines) is 1. The van der Waals surface area contributed by atoms with Crippen LogP contribution in [0.2, 0.25) is 0 Å². The Hall–Kier alpha value is -3.32. The number of benzene rings is 2. The predicted molar refractivity (Wildman–Crippen MR) is 123 cm³/mol. The number of nitrogens with one attached hydrogen (secondary N) is 2. The smallest absolute Gasteiger partial charge is 0.163 e. The summed E-state index contributed by atoms with van der Waals surface area (Å²) >= 11 is 0. The Labute approximate surface area is 181 Å². The first-order valence-electron chi connectivity index (χ1n) is 10.8. The lowest BCUT2D eigenvalue weighted by Gasteiger charge is -2.16. The van der Waals surface area contributed by atoms with E-state index in [0.29, 0.717) is 18.1 Å². The van der Waals surface area contributed by atoms with Crippen molar-refractivity contribution >= 4 is 33.3 Å². The highest BCUT2D eigenvalue weighted by Gasteiger charge is 2.14. The van der Waals surface area contributed by atoms with Gasteiger partial charge in [0.15, 0.2) is 11.5 Å². The molecule has 0 amide bonds. The van der Waals surface area contributed by atoms with E-state index in [9.17, 15) is 0 Å². The van der Waals surface area contributed by atoms with E-state index in [4.69, 9.17) is 9.47 Å². The predicted octanol–water partition coefficient (Wildman–Crippen LogP) is 4.73. The normalized spacial score (nSPS) is 14.4. The van der Waals surface area contributed by atoms with Crippen LogP contribution in [0.5, 0.6) is 11.5 Å². The van der Waals surface area contributed by atoms with Crippen LogP contribution < -0.4 is 14.8 Å². The molecule has 4 aromatic rings. The van der Waals surface area contributed by atoms with Gasteiger partial charge < -0.3 is 24.7 Å². The van der Waals surface area contributed by atoms with Gasteiger partial charge in [0, 0.05) is 35.4 Å². The zero-order valence-electron chi connectivity index (χ0n) is 17.7. The SMILES string of the molecule is COc1cc2c(Nc3ccc4cc[nH]c4c3)ncnc2cc1OCCCN1CCCC1. The Morgan fingerprint density at radius 3 is 2.84 bits per heavy atom. The second-order valence-corrected chi connectivity index (χ2v) is 7.90. The molecule has 1 aliphatic rings. The number of methoxy groups -OCH3 is 1. The van der Waals surface area contributed by atoms with Gasteiger partial charge in [-0.1, -0.05) is 6.07 Å². The minimum atomic E-state index is 0.657. The van der Waals surface area contributed by atoms with Crippen LogP contribution in [-0.4, -0.2) is 53.2 Å². The van der Waals surface area contributed by atoms with E-state index in [-0.39, 0.29) is 0 Å². The lowest BCUT2D eigenvalue weighted by molar-refractivity contribution is 0.254. The molecule has 1 aliphatic heterocycles. The van der Waals surface area contributed by atoms with Crippen LogP contribution in [0.1, 0.15) is 19.3 Å². The van der Waals surface area contributed by atoms with Crippen LogP contribution in [0, 0.1) is 0 Å². The number of ether oxygens (including phenoxy) is 2. The third kappa shape index (κ3) is 4.27. The van der Waals surface area contributed by atoms with Crippen LogP contribution in [0.15, 0.2) is 48.9 Å². The maximum Gasteiger partial charge on any atom is 0.163 e. The topological polar surface area (TPSA) is 75.3 Å². The van der Waals surface area contributed by atoms with E-state index < -0.39 is 0 Å². The summed E-state index contributed by atoms with van der Waals surface area (Å²) in [7, 11) is 1.66. The second-order valence-electron chi connectivity index (χ2n) is 7.90. The molecule has 7 heteroatoms. The van der Waals surface area contributed by atoms with Crippen molar-refractivity contribution in [2.24, 2.45) is 0 Å². The van der Waals surface area contributed by atoms with Crippen LogP contribution in [0.4, 0.5) is 11.5 Å². The molecule has 31 heavy (non-hydrogen) atoms. The molecule has 2 aromatic carbocycles. The van der Waals surface area contributed by atoms with Gasteiger partial charge >= 0.3 is 0 Å². The second kappa shape index (κ2) is 8.81. The van der Waals surface area contributed by atoms with E-state index in [0.717, 1.165) is 40.9 Å². The van der Waals surface area contributed by atoms with E-state index in [1.165, 1.54) is 31.3 Å². The van der Waals surface area contributed by atoms with Gasteiger partial charge in [-0.3, -0.25) is 0 Å². The number of H-pyrrole nitrogens is 1. The molecule has 1 saturated heterocycles. The number of aromatic nitrogens is 3. The highest BCUT2D eigenvalue weighted by atomic mass is 16.5. The summed E-state index contributed by atoms with van der Waals surface area (Å²) in [6.07, 6.45) is 7.13. The lowest BCUT2D eigenvalue weighted by Crippen LogP contribution is -2.21. The van der Waals surface area contributed by atoms with Gasteiger partial charge in [-0.25, -0.2) is 9.97 Å². The minimum Gasteiger partial charge on any atom is -0.493 e. The summed E-state index contributed by atoms with van der Waals surface area (Å²) in [5.41, 5.74) is 2.84. The first-order chi connectivity index (χ1) is 15.3. The number of rotatable bonds is 8. The summed E-state index contributed by atoms with van der Waals surface area (Å²) < 4.78 is 11.7. The Kier molecular flexibility index (Phi) is 5.58. The van der Waals surface area contributed by atoms with Crippen molar-refractivity contribution in [1.82, 2.24) is 19.9 Å². The number of fused-ring (bicyclic) bond motifs is 2. The lowest BCUT2D eigenvalue weighted by atomic mass is 10.2. The molecule has 0 bridgehead atoms. The molecular weight excluding hydrogens is 390 g/mol. The van der Waals surface area contributed by atoms with Crippen molar-refractivity contribution in [2.45, 2.75) is 19.3 Å². The fraction of sp³-hybridized carbons (Fsp3) is 0.333. The van der Waals surface area contributed by atoms with Gasteiger partial charge in [-0.05, 0) is 62.0 Å². The number of nitrogens with zero attached hydrogens (tertiary/aromatic N) is 3. The molecule has 5 rings (SSSR count). The molecule has 160 valence electrons. The monoisotopic (exact) mass is 417 g/mol. The molecule has 0 aliphatic carbocycles. The molecule has 0 spiro atoms. The molecule has 0 radical (unpaired) electrons. The molecule has 0 saturated carbocycles. The summed E-state index contributed by atoms with van der Waals surface area (Å²) in [6, 6.07) is 12.1. The van der Waals surface area contributed by atoms with Gasteiger partial charge in [0.05, 0.1) is 19.2 Å². The summed E-state index contributed by atoms with van der Waals surface area (Å²) in [5, 5.41) is 5.47. The zero-order chi connectivity index (χ0) is 21.0. The molecule has 2 N–H and O–H groups in total. The van der Waals surface area contributed by atoms with E-state index in [2.05, 4.69) is 43.4 Å². The van der Waals surface area contributed by atoms with E-state index in [1.807, 2.05) is 24.4 Å². The van der Waals surface area contributed by atoms with Crippen molar-refractivity contribution in [3.05, 3.63) is 48.9 Å². The quantitative estimate of drug-likeness (QED) is 0.404. The van der Waals surface area contributed by atoms with Crippen LogP contribution in [0.3, 0.4) is 0 Å². The van der Waals surface area contributed by atoms with Crippen LogP contribution in [-0.2, 0) is 0 Å². The standard InChI is InChI=1S/C24H27N5O2/c1-30-22-14-19-21(15-23(22)31-12-4-11-29-9-2-3-10-29)26-16-27-24(19)28-18-6-5-17-7-8-25-20(17)13-18/h5-8,13-16,25H,2-4,9-12H2,1H3,(H,26,27,28). The first-order valence-corrected chi connectivity index (χ1v) is 10.8. The molecular formula is C24H27N5O2. The Morgan fingerprint density at radius 1 is 1.06 bits per heavy atom. The first kappa shape index (κ1) is 19.6. The maximum absolute atomic E-state index is 6.06. The fourth-order valence-corrected chi connectivity index (χ4v) is 4.17. The molecule has 2 aromatic heterocycles. The highest BCUT2D eigenvalue weighted by molar-refractivity contribution is 5.94. The third-order valence-corrected chi connectivity index (χ3v) is 5.81. The van der Waals surface area contributed by atoms with E-state index >= 15 is 0 Å². The number of hydrogen-bond donors (Lipinski definition) is 2. The summed E-state index contributed by atoms with van der Waals surface area (Å²) in [6.45, 7) is 4.16. The summed E-state index contributed by atoms with van der Waals surface area (Å²) in [4.78, 5) is 14.6. The average Bonchev–Trinajstić information content (AvgIpc) is 3.48. The Bertz CT molecular complexity index is 1180. The average molecular weight is 418 g/mol. The van der Waals surface area contributed by atoms with Crippen molar-refractivity contribution in [1.29, 1.82) is 0 Å². The number of hydrogen-bond acceptors (Lipinski definition) is 6. The van der Waals surface area contributed by atoms with Crippen LogP contribution >= 0.6 is 0 Å². The van der Waals surface area contributed by atoms with Gasteiger partial charge in [0.25, 0.3) is 0 Å². The Balaban J connectivity index is 1.35. The van der Waals surface area contributed by atoms with E-state index in [1.54, 1.807) is 13.4 Å². The molecule has 1 fully saturated rings.